The van der Waals surface area contributed by atoms with Gasteiger partial charge in [0.05, 0.1) is 11.8 Å². The van der Waals surface area contributed by atoms with Crippen LogP contribution in [0.2, 0.25) is 0 Å². The average Bonchev–Trinajstić information content (AvgIpc) is 3.45. The van der Waals surface area contributed by atoms with E-state index in [1.165, 1.54) is 0 Å². The summed E-state index contributed by atoms with van der Waals surface area (Å²) in [5, 5.41) is 0. The summed E-state index contributed by atoms with van der Waals surface area (Å²) in [4.78, 5) is 25.4. The lowest BCUT2D eigenvalue weighted by Gasteiger charge is -2.37. The van der Waals surface area contributed by atoms with Crippen LogP contribution in [0.4, 0.5) is 0 Å². The fourth-order valence-corrected chi connectivity index (χ4v) is 5.68. The Morgan fingerprint density at radius 3 is 1.38 bits per heavy atom. The third kappa shape index (κ3) is 5.55. The van der Waals surface area contributed by atoms with E-state index in [9.17, 15) is 9.59 Å². The summed E-state index contributed by atoms with van der Waals surface area (Å²) < 4.78 is 11.9. The Labute approximate surface area is 177 Å². The third-order valence-electron chi connectivity index (χ3n) is 7.84. The van der Waals surface area contributed by atoms with Crippen LogP contribution in [-0.4, -0.2) is 24.1 Å². The first-order valence-electron chi connectivity index (χ1n) is 12.1. The number of hydrogen-bond donors (Lipinski definition) is 0. The Bertz CT molecular complexity index is 533. The molecule has 3 rings (SSSR count). The van der Waals surface area contributed by atoms with Crippen LogP contribution in [-0.2, 0) is 19.1 Å². The second kappa shape index (κ2) is 9.39. The van der Waals surface area contributed by atoms with Crippen molar-refractivity contribution in [1.82, 2.24) is 0 Å². The van der Waals surface area contributed by atoms with E-state index in [4.69, 9.17) is 9.47 Å². The van der Waals surface area contributed by atoms with Gasteiger partial charge in [-0.15, -0.1) is 0 Å². The average molecular weight is 407 g/mol. The maximum atomic E-state index is 12.7. The molecule has 0 N–H and O–H groups in total. The number of carbonyl (C=O) groups excluding carboxylic acids is 2. The summed E-state index contributed by atoms with van der Waals surface area (Å²) in [7, 11) is 0. The number of ether oxygens (including phenoxy) is 2. The molecule has 0 aromatic heterocycles. The normalized spacial score (nSPS) is 40.0. The highest BCUT2D eigenvalue weighted by molar-refractivity contribution is 5.87. The SMILES string of the molecule is CC(C)[C@@H]1C[C@@H](C)CCC1OC(=O)[C@H]1C[C@@H]1C(=O)O[C@@H]1CC[C@H](C)C[C@H]1C(C)C. The number of hydrogen-bond acceptors (Lipinski definition) is 4. The fraction of sp³-hybridized carbons (Fsp3) is 0.920. The highest BCUT2D eigenvalue weighted by atomic mass is 16.6. The van der Waals surface area contributed by atoms with E-state index in [0.29, 0.717) is 41.9 Å². The Hall–Kier alpha value is -1.06. The first kappa shape index (κ1) is 22.6. The van der Waals surface area contributed by atoms with Crippen molar-refractivity contribution in [2.24, 2.45) is 47.3 Å². The lowest BCUT2D eigenvalue weighted by atomic mass is 9.75. The molecule has 0 spiro atoms. The van der Waals surface area contributed by atoms with Gasteiger partial charge in [0.2, 0.25) is 0 Å². The van der Waals surface area contributed by atoms with E-state index < -0.39 is 0 Å². The zero-order chi connectivity index (χ0) is 21.3. The minimum absolute atomic E-state index is 0.0149. The summed E-state index contributed by atoms with van der Waals surface area (Å²) in [5.74, 6) is 2.38. The maximum absolute atomic E-state index is 12.7. The van der Waals surface area contributed by atoms with Gasteiger partial charge >= 0.3 is 11.9 Å². The lowest BCUT2D eigenvalue weighted by molar-refractivity contribution is -0.163. The summed E-state index contributed by atoms with van der Waals surface area (Å²) >= 11 is 0. The van der Waals surface area contributed by atoms with E-state index in [-0.39, 0.29) is 36.0 Å². The van der Waals surface area contributed by atoms with Gasteiger partial charge in [-0.05, 0) is 80.5 Å². The van der Waals surface area contributed by atoms with Crippen LogP contribution >= 0.6 is 0 Å². The summed E-state index contributed by atoms with van der Waals surface area (Å²) in [6.07, 6.45) is 7.03. The molecule has 0 heterocycles. The molecule has 0 saturated heterocycles. The molecule has 29 heavy (non-hydrogen) atoms. The van der Waals surface area contributed by atoms with Crippen molar-refractivity contribution in [3.63, 3.8) is 0 Å². The molecular formula is C25H42O4. The van der Waals surface area contributed by atoms with Crippen LogP contribution in [0.3, 0.4) is 0 Å². The molecule has 0 aromatic rings. The van der Waals surface area contributed by atoms with Crippen LogP contribution in [0.25, 0.3) is 0 Å². The monoisotopic (exact) mass is 406 g/mol. The minimum Gasteiger partial charge on any atom is -0.462 e. The standard InChI is InChI=1S/C25H42O4/c1-14(2)18-11-16(5)7-9-22(18)28-24(26)20-13-21(20)25(27)29-23-10-8-17(6)12-19(23)15(3)4/h14-23H,7-13H2,1-6H3/t16-,17-,18-,19-,20-,21-,22+,23?/m0/s1. The lowest BCUT2D eigenvalue weighted by Crippen LogP contribution is -2.37. The Morgan fingerprint density at radius 1 is 0.655 bits per heavy atom. The highest BCUT2D eigenvalue weighted by Gasteiger charge is 2.52. The van der Waals surface area contributed by atoms with Gasteiger partial charge in [0.15, 0.2) is 0 Å². The quantitative estimate of drug-likeness (QED) is 0.536. The number of esters is 2. The summed E-state index contributed by atoms with van der Waals surface area (Å²) in [6, 6.07) is 0. The zero-order valence-corrected chi connectivity index (χ0v) is 19.4. The van der Waals surface area contributed by atoms with Crippen molar-refractivity contribution in [2.45, 2.75) is 98.7 Å². The fourth-order valence-electron chi connectivity index (χ4n) is 5.68. The van der Waals surface area contributed by atoms with Gasteiger partial charge in [-0.25, -0.2) is 0 Å². The largest absolute Gasteiger partial charge is 0.462 e. The van der Waals surface area contributed by atoms with E-state index in [2.05, 4.69) is 41.5 Å². The predicted molar refractivity (Wildman–Crippen MR) is 114 cm³/mol. The van der Waals surface area contributed by atoms with Crippen molar-refractivity contribution in [3.8, 4) is 0 Å². The van der Waals surface area contributed by atoms with Gasteiger partial charge in [0.1, 0.15) is 12.2 Å². The van der Waals surface area contributed by atoms with Crippen LogP contribution in [0.1, 0.15) is 86.5 Å². The van der Waals surface area contributed by atoms with E-state index in [0.717, 1.165) is 38.5 Å². The van der Waals surface area contributed by atoms with E-state index in [1.54, 1.807) is 0 Å². The number of carbonyl (C=O) groups is 2. The van der Waals surface area contributed by atoms with Gasteiger partial charge in [-0.1, -0.05) is 41.5 Å². The topological polar surface area (TPSA) is 52.6 Å². The van der Waals surface area contributed by atoms with E-state index in [1.807, 2.05) is 0 Å². The molecule has 4 nitrogen and oxygen atoms in total. The van der Waals surface area contributed by atoms with Gasteiger partial charge < -0.3 is 9.47 Å². The second-order valence-electron chi connectivity index (χ2n) is 11.1. The van der Waals surface area contributed by atoms with Crippen LogP contribution in [0, 0.1) is 47.3 Å². The molecule has 0 amide bonds. The van der Waals surface area contributed by atoms with Gasteiger partial charge in [0.25, 0.3) is 0 Å². The van der Waals surface area contributed by atoms with Crippen molar-refractivity contribution in [1.29, 1.82) is 0 Å². The van der Waals surface area contributed by atoms with Crippen molar-refractivity contribution < 1.29 is 19.1 Å². The first-order valence-corrected chi connectivity index (χ1v) is 12.1. The Balaban J connectivity index is 1.50. The van der Waals surface area contributed by atoms with Gasteiger partial charge in [-0.2, -0.15) is 0 Å². The molecule has 8 atom stereocenters. The van der Waals surface area contributed by atoms with Crippen LogP contribution < -0.4 is 0 Å². The highest BCUT2D eigenvalue weighted by Crippen LogP contribution is 2.44. The smallest absolute Gasteiger partial charge is 0.310 e. The molecule has 3 aliphatic carbocycles. The molecule has 0 bridgehead atoms. The first-order chi connectivity index (χ1) is 13.7. The van der Waals surface area contributed by atoms with Crippen molar-refractivity contribution >= 4 is 11.9 Å². The van der Waals surface area contributed by atoms with Crippen molar-refractivity contribution in [3.05, 3.63) is 0 Å². The molecular weight excluding hydrogens is 364 g/mol. The molecule has 166 valence electrons. The van der Waals surface area contributed by atoms with Crippen molar-refractivity contribution in [2.75, 3.05) is 0 Å². The molecule has 3 aliphatic rings. The minimum atomic E-state index is -0.283. The van der Waals surface area contributed by atoms with E-state index >= 15 is 0 Å². The second-order valence-corrected chi connectivity index (χ2v) is 11.1. The summed E-state index contributed by atoms with van der Waals surface area (Å²) in [6.45, 7) is 13.5. The van der Waals surface area contributed by atoms with Gasteiger partial charge in [-0.3, -0.25) is 9.59 Å². The molecule has 0 aliphatic heterocycles. The predicted octanol–water partition coefficient (Wildman–Crippen LogP) is 5.63. The molecule has 1 unspecified atom stereocenters. The zero-order valence-electron chi connectivity index (χ0n) is 19.4. The molecule has 3 fully saturated rings. The Morgan fingerprint density at radius 2 is 1.03 bits per heavy atom. The third-order valence-corrected chi connectivity index (χ3v) is 7.84. The molecule has 0 radical (unpaired) electrons. The molecule has 3 saturated carbocycles. The van der Waals surface area contributed by atoms with Crippen LogP contribution in [0.15, 0.2) is 0 Å². The maximum Gasteiger partial charge on any atom is 0.310 e. The molecule has 4 heteroatoms. The van der Waals surface area contributed by atoms with Crippen LogP contribution in [0.5, 0.6) is 0 Å². The van der Waals surface area contributed by atoms with Gasteiger partial charge in [0, 0.05) is 0 Å². The molecule has 0 aromatic carbocycles. The summed E-state index contributed by atoms with van der Waals surface area (Å²) in [5.41, 5.74) is 0. The number of rotatable bonds is 6. The Kier molecular flexibility index (Phi) is 7.32.